The van der Waals surface area contributed by atoms with Crippen molar-refractivity contribution < 1.29 is 9.59 Å². The molecule has 0 aliphatic heterocycles. The molecule has 154 valence electrons. The standard InChI is InChI=1S/C25H32N2O2/c1-5-19-27(22(28)18-12-15-20-13-8-6-9-14-20)23(21-16-10-7-11-17-21)24(29)26-25(2,3)4/h1,7,10-11,16-17,20,23H,6,8-9,13-15,19H2,2-4H3,(H,26,29). The van der Waals surface area contributed by atoms with E-state index in [1.165, 1.54) is 37.0 Å². The van der Waals surface area contributed by atoms with Gasteiger partial charge in [0.2, 0.25) is 5.91 Å². The number of terminal acetylenes is 1. The van der Waals surface area contributed by atoms with Crippen molar-refractivity contribution in [2.45, 2.75) is 70.9 Å². The molecule has 2 rings (SSSR count). The van der Waals surface area contributed by atoms with Gasteiger partial charge in [-0.3, -0.25) is 9.59 Å². The number of nitrogens with zero attached hydrogens (tertiary/aromatic N) is 1. The highest BCUT2D eigenvalue weighted by Crippen LogP contribution is 2.26. The highest BCUT2D eigenvalue weighted by molar-refractivity contribution is 5.97. The fourth-order valence-corrected chi connectivity index (χ4v) is 3.66. The summed E-state index contributed by atoms with van der Waals surface area (Å²) < 4.78 is 0. The number of carbonyl (C=O) groups excluding carboxylic acids is 2. The Hall–Kier alpha value is -2.72. The van der Waals surface area contributed by atoms with Gasteiger partial charge in [-0.2, -0.15) is 0 Å². The lowest BCUT2D eigenvalue weighted by atomic mass is 9.87. The molecule has 1 N–H and O–H groups in total. The van der Waals surface area contributed by atoms with Crippen LogP contribution in [-0.4, -0.2) is 28.8 Å². The van der Waals surface area contributed by atoms with E-state index in [4.69, 9.17) is 6.42 Å². The number of rotatable bonds is 5. The van der Waals surface area contributed by atoms with E-state index in [-0.39, 0.29) is 12.5 Å². The van der Waals surface area contributed by atoms with Crippen molar-refractivity contribution in [3.8, 4) is 24.2 Å². The smallest absolute Gasteiger partial charge is 0.300 e. The Kier molecular flexibility index (Phi) is 8.34. The molecule has 1 aromatic rings. The first kappa shape index (κ1) is 22.6. The Morgan fingerprint density at radius 3 is 2.41 bits per heavy atom. The summed E-state index contributed by atoms with van der Waals surface area (Å²) in [5.41, 5.74) is 0.286. The summed E-state index contributed by atoms with van der Waals surface area (Å²) in [5, 5.41) is 2.97. The van der Waals surface area contributed by atoms with Gasteiger partial charge in [0.1, 0.15) is 6.04 Å². The first-order valence-corrected chi connectivity index (χ1v) is 10.4. The van der Waals surface area contributed by atoms with Gasteiger partial charge in [-0.25, -0.2) is 0 Å². The predicted octanol–water partition coefficient (Wildman–Crippen LogP) is 4.08. The third-order valence-electron chi connectivity index (χ3n) is 5.01. The van der Waals surface area contributed by atoms with Crippen LogP contribution >= 0.6 is 0 Å². The average molecular weight is 393 g/mol. The highest BCUT2D eigenvalue weighted by Gasteiger charge is 2.32. The Labute approximate surface area is 175 Å². The van der Waals surface area contributed by atoms with Crippen LogP contribution in [0.3, 0.4) is 0 Å². The number of hydrogen-bond donors (Lipinski definition) is 1. The predicted molar refractivity (Wildman–Crippen MR) is 117 cm³/mol. The van der Waals surface area contributed by atoms with Crippen LogP contribution in [0.25, 0.3) is 0 Å². The largest absolute Gasteiger partial charge is 0.349 e. The summed E-state index contributed by atoms with van der Waals surface area (Å²) in [4.78, 5) is 27.4. The molecule has 4 nitrogen and oxygen atoms in total. The van der Waals surface area contributed by atoms with E-state index in [0.717, 1.165) is 6.42 Å². The summed E-state index contributed by atoms with van der Waals surface area (Å²) in [5.74, 6) is 8.20. The van der Waals surface area contributed by atoms with Crippen molar-refractivity contribution in [2.24, 2.45) is 5.92 Å². The number of hydrogen-bond acceptors (Lipinski definition) is 2. The van der Waals surface area contributed by atoms with Crippen LogP contribution in [-0.2, 0) is 9.59 Å². The maximum Gasteiger partial charge on any atom is 0.300 e. The van der Waals surface area contributed by atoms with Crippen LogP contribution in [0.4, 0.5) is 0 Å². The zero-order valence-electron chi connectivity index (χ0n) is 17.8. The third kappa shape index (κ3) is 7.31. The quantitative estimate of drug-likeness (QED) is 0.768. The molecule has 29 heavy (non-hydrogen) atoms. The van der Waals surface area contributed by atoms with Gasteiger partial charge in [0.15, 0.2) is 0 Å². The summed E-state index contributed by atoms with van der Waals surface area (Å²) in [6.45, 7) is 5.74. The molecule has 1 unspecified atom stereocenters. The summed E-state index contributed by atoms with van der Waals surface area (Å²) in [7, 11) is 0. The zero-order chi connectivity index (χ0) is 21.3. The van der Waals surface area contributed by atoms with Crippen LogP contribution < -0.4 is 5.32 Å². The van der Waals surface area contributed by atoms with Gasteiger partial charge in [0.25, 0.3) is 5.91 Å². The first-order chi connectivity index (χ1) is 13.8. The van der Waals surface area contributed by atoms with E-state index in [1.54, 1.807) is 0 Å². The van der Waals surface area contributed by atoms with Gasteiger partial charge >= 0.3 is 0 Å². The van der Waals surface area contributed by atoms with Gasteiger partial charge in [-0.05, 0) is 51.0 Å². The lowest BCUT2D eigenvalue weighted by Crippen LogP contribution is -2.49. The second-order valence-electron chi connectivity index (χ2n) is 8.70. The molecular formula is C25H32N2O2. The zero-order valence-corrected chi connectivity index (χ0v) is 17.8. The fourth-order valence-electron chi connectivity index (χ4n) is 3.66. The van der Waals surface area contributed by atoms with Crippen LogP contribution in [0.2, 0.25) is 0 Å². The minimum Gasteiger partial charge on any atom is -0.349 e. The van der Waals surface area contributed by atoms with E-state index in [1.807, 2.05) is 51.1 Å². The Bertz CT molecular complexity index is 784. The van der Waals surface area contributed by atoms with Gasteiger partial charge in [-0.15, -0.1) is 6.42 Å². The van der Waals surface area contributed by atoms with Crippen LogP contribution in [0.1, 0.15) is 70.9 Å². The molecule has 1 saturated carbocycles. The summed E-state index contributed by atoms with van der Waals surface area (Å²) >= 11 is 0. The van der Waals surface area contributed by atoms with Crippen molar-refractivity contribution in [2.75, 3.05) is 6.54 Å². The third-order valence-corrected chi connectivity index (χ3v) is 5.01. The minimum absolute atomic E-state index is 0.0219. The normalized spacial score (nSPS) is 15.4. The maximum atomic E-state index is 13.1. The number of benzene rings is 1. The molecule has 0 saturated heterocycles. The molecule has 0 radical (unpaired) electrons. The van der Waals surface area contributed by atoms with E-state index in [2.05, 4.69) is 23.1 Å². The monoisotopic (exact) mass is 392 g/mol. The van der Waals surface area contributed by atoms with Crippen LogP contribution in [0, 0.1) is 30.1 Å². The molecule has 0 spiro atoms. The van der Waals surface area contributed by atoms with Gasteiger partial charge in [0.05, 0.1) is 6.54 Å². The van der Waals surface area contributed by atoms with E-state index >= 15 is 0 Å². The summed E-state index contributed by atoms with van der Waals surface area (Å²) in [6.07, 6.45) is 12.4. The lowest BCUT2D eigenvalue weighted by Gasteiger charge is -2.31. The maximum absolute atomic E-state index is 13.1. The average Bonchev–Trinajstić information content (AvgIpc) is 2.68. The van der Waals surface area contributed by atoms with E-state index < -0.39 is 17.5 Å². The van der Waals surface area contributed by atoms with E-state index in [9.17, 15) is 9.59 Å². The molecule has 1 aliphatic carbocycles. The highest BCUT2D eigenvalue weighted by atomic mass is 16.2. The summed E-state index contributed by atoms with van der Waals surface area (Å²) in [6, 6.07) is 8.42. The molecule has 1 aromatic carbocycles. The van der Waals surface area contributed by atoms with Crippen LogP contribution in [0.15, 0.2) is 30.3 Å². The molecule has 1 fully saturated rings. The second kappa shape index (κ2) is 10.7. The fraction of sp³-hybridized carbons (Fsp3) is 0.520. The topological polar surface area (TPSA) is 49.4 Å². The SMILES string of the molecule is C#CCN(C(=O)C#CCC1CCCCC1)C(C(=O)NC(C)(C)C)c1ccccc1. The molecule has 1 atom stereocenters. The Morgan fingerprint density at radius 2 is 1.83 bits per heavy atom. The van der Waals surface area contributed by atoms with Gasteiger partial charge in [-0.1, -0.05) is 61.4 Å². The van der Waals surface area contributed by atoms with Gasteiger partial charge in [0, 0.05) is 12.0 Å². The molecule has 0 aromatic heterocycles. The number of amides is 2. The lowest BCUT2D eigenvalue weighted by molar-refractivity contribution is -0.137. The second-order valence-corrected chi connectivity index (χ2v) is 8.70. The van der Waals surface area contributed by atoms with Crippen molar-refractivity contribution >= 4 is 11.8 Å². The number of nitrogens with one attached hydrogen (secondary N) is 1. The minimum atomic E-state index is -0.817. The Balaban J connectivity index is 2.24. The van der Waals surface area contributed by atoms with Crippen molar-refractivity contribution in [1.82, 2.24) is 10.2 Å². The molecule has 0 bridgehead atoms. The van der Waals surface area contributed by atoms with Crippen molar-refractivity contribution in [1.29, 1.82) is 0 Å². The van der Waals surface area contributed by atoms with Crippen molar-refractivity contribution in [3.05, 3.63) is 35.9 Å². The molecule has 2 amide bonds. The molecular weight excluding hydrogens is 360 g/mol. The molecule has 0 heterocycles. The van der Waals surface area contributed by atoms with Gasteiger partial charge < -0.3 is 10.2 Å². The number of carbonyl (C=O) groups is 2. The first-order valence-electron chi connectivity index (χ1n) is 10.4. The molecule has 1 aliphatic rings. The van der Waals surface area contributed by atoms with Crippen molar-refractivity contribution in [3.63, 3.8) is 0 Å². The van der Waals surface area contributed by atoms with Crippen LogP contribution in [0.5, 0.6) is 0 Å². The Morgan fingerprint density at radius 1 is 1.17 bits per heavy atom. The van der Waals surface area contributed by atoms with E-state index in [0.29, 0.717) is 11.5 Å². The molecule has 4 heteroatoms.